The average Bonchev–Trinajstić information content (AvgIpc) is 1.80. The van der Waals surface area contributed by atoms with Crippen LogP contribution in [-0.4, -0.2) is 23.6 Å². The predicted octanol–water partition coefficient (Wildman–Crippen LogP) is 2.03. The molecule has 12 heavy (non-hydrogen) atoms. The van der Waals surface area contributed by atoms with Gasteiger partial charge in [0.1, 0.15) is 0 Å². The summed E-state index contributed by atoms with van der Waals surface area (Å²) < 4.78 is 68.7. The summed E-state index contributed by atoms with van der Waals surface area (Å²) >= 11 is 0. The number of halogens is 6. The monoisotopic (exact) mass is 194 g/mol. The van der Waals surface area contributed by atoms with Crippen molar-refractivity contribution in [3.05, 3.63) is 12.2 Å². The fourth-order valence-corrected chi connectivity index (χ4v) is 0.353. The molecule has 0 bridgehead atoms. The highest BCUT2D eigenvalue weighted by atomic mass is 19.4. The summed E-state index contributed by atoms with van der Waals surface area (Å²) in [4.78, 5) is 0. The third kappa shape index (κ3) is 2.72. The van der Waals surface area contributed by atoms with Gasteiger partial charge in [-0.1, -0.05) is 6.58 Å². The lowest BCUT2D eigenvalue weighted by molar-refractivity contribution is -0.210. The third-order valence-electron chi connectivity index (χ3n) is 1.00. The Labute approximate surface area is 63.3 Å². The Morgan fingerprint density at radius 3 is 1.50 bits per heavy atom. The number of hydrogen-bond donors (Lipinski definition) is 1. The van der Waals surface area contributed by atoms with Crippen LogP contribution in [0.5, 0.6) is 0 Å². The van der Waals surface area contributed by atoms with Crippen molar-refractivity contribution in [2.75, 3.05) is 0 Å². The SMILES string of the molecule is C=C(C(O)C(F)(F)F)C(F)(F)F. The largest absolute Gasteiger partial charge is 0.418 e. The zero-order valence-electron chi connectivity index (χ0n) is 5.50. The van der Waals surface area contributed by atoms with Crippen molar-refractivity contribution in [3.63, 3.8) is 0 Å². The van der Waals surface area contributed by atoms with Crippen molar-refractivity contribution in [1.82, 2.24) is 0 Å². The normalized spacial score (nSPS) is 15.9. The molecule has 0 saturated heterocycles. The van der Waals surface area contributed by atoms with E-state index in [0.29, 0.717) is 0 Å². The summed E-state index contributed by atoms with van der Waals surface area (Å²) in [6.07, 6.45) is -14.1. The summed E-state index contributed by atoms with van der Waals surface area (Å²) in [5.74, 6) is 0. The topological polar surface area (TPSA) is 20.2 Å². The lowest BCUT2D eigenvalue weighted by Crippen LogP contribution is -2.35. The molecular formula is C5H4F6O. The first kappa shape index (κ1) is 11.3. The maximum Gasteiger partial charge on any atom is 0.418 e. The van der Waals surface area contributed by atoms with Crippen LogP contribution >= 0.6 is 0 Å². The van der Waals surface area contributed by atoms with Gasteiger partial charge < -0.3 is 5.11 Å². The Kier molecular flexibility index (Phi) is 2.79. The molecule has 0 spiro atoms. The van der Waals surface area contributed by atoms with Crippen molar-refractivity contribution in [2.24, 2.45) is 0 Å². The molecule has 0 aromatic heterocycles. The van der Waals surface area contributed by atoms with E-state index in [1.54, 1.807) is 0 Å². The van der Waals surface area contributed by atoms with Crippen molar-refractivity contribution >= 4 is 0 Å². The number of alkyl halides is 6. The van der Waals surface area contributed by atoms with E-state index in [1.165, 1.54) is 0 Å². The van der Waals surface area contributed by atoms with Gasteiger partial charge in [-0.05, 0) is 0 Å². The predicted molar refractivity (Wildman–Crippen MR) is 27.3 cm³/mol. The molecule has 1 nitrogen and oxygen atoms in total. The van der Waals surface area contributed by atoms with Gasteiger partial charge in [-0.15, -0.1) is 0 Å². The van der Waals surface area contributed by atoms with E-state index in [2.05, 4.69) is 6.58 Å². The highest BCUT2D eigenvalue weighted by Crippen LogP contribution is 2.33. The lowest BCUT2D eigenvalue weighted by atomic mass is 10.1. The van der Waals surface area contributed by atoms with Crippen LogP contribution in [0.15, 0.2) is 12.2 Å². The first-order chi connectivity index (χ1) is 5.07. The molecule has 72 valence electrons. The molecule has 0 amide bonds. The van der Waals surface area contributed by atoms with Crippen LogP contribution < -0.4 is 0 Å². The summed E-state index contributed by atoms with van der Waals surface area (Å²) in [7, 11) is 0. The van der Waals surface area contributed by atoms with E-state index in [1.807, 2.05) is 0 Å². The van der Waals surface area contributed by atoms with E-state index >= 15 is 0 Å². The van der Waals surface area contributed by atoms with Gasteiger partial charge in [0.2, 0.25) is 0 Å². The molecule has 0 fully saturated rings. The van der Waals surface area contributed by atoms with Crippen LogP contribution in [0.4, 0.5) is 26.3 Å². The van der Waals surface area contributed by atoms with Gasteiger partial charge in [-0.25, -0.2) is 0 Å². The standard InChI is InChI=1S/C5H4F6O/c1-2(4(6,7)8)3(12)5(9,10)11/h3,12H,1H2. The molecule has 0 aromatic carbocycles. The van der Waals surface area contributed by atoms with Crippen LogP contribution in [0.25, 0.3) is 0 Å². The first-order valence-electron chi connectivity index (χ1n) is 2.57. The average molecular weight is 194 g/mol. The smallest absolute Gasteiger partial charge is 0.379 e. The van der Waals surface area contributed by atoms with E-state index in [-0.39, 0.29) is 0 Å². The van der Waals surface area contributed by atoms with E-state index in [4.69, 9.17) is 5.11 Å². The number of hydrogen-bond acceptors (Lipinski definition) is 1. The molecule has 0 aliphatic rings. The first-order valence-corrected chi connectivity index (χ1v) is 2.57. The summed E-state index contributed by atoms with van der Waals surface area (Å²) in [6.45, 7) is 2.10. The van der Waals surface area contributed by atoms with Gasteiger partial charge in [-0.2, -0.15) is 26.3 Å². The molecule has 0 radical (unpaired) electrons. The minimum atomic E-state index is -5.33. The summed E-state index contributed by atoms with van der Waals surface area (Å²) in [5, 5.41) is 8.05. The van der Waals surface area contributed by atoms with Crippen molar-refractivity contribution in [2.45, 2.75) is 18.5 Å². The third-order valence-corrected chi connectivity index (χ3v) is 1.00. The molecule has 0 aliphatic heterocycles. The molecule has 0 aromatic rings. The molecule has 1 unspecified atom stereocenters. The van der Waals surface area contributed by atoms with Crippen molar-refractivity contribution < 1.29 is 31.4 Å². The van der Waals surface area contributed by atoms with Gasteiger partial charge >= 0.3 is 12.4 Å². The van der Waals surface area contributed by atoms with Gasteiger partial charge in [-0.3, -0.25) is 0 Å². The summed E-state index contributed by atoms with van der Waals surface area (Å²) in [5.41, 5.74) is -2.21. The van der Waals surface area contributed by atoms with E-state index in [9.17, 15) is 26.3 Å². The molecule has 0 saturated carbocycles. The number of aliphatic hydroxyl groups excluding tert-OH is 1. The molecule has 1 atom stereocenters. The van der Waals surface area contributed by atoms with Gasteiger partial charge in [0.05, 0.1) is 5.57 Å². The second kappa shape index (κ2) is 2.96. The van der Waals surface area contributed by atoms with Gasteiger partial charge in [0.15, 0.2) is 6.10 Å². The number of rotatable bonds is 1. The summed E-state index contributed by atoms with van der Waals surface area (Å²) in [6, 6.07) is 0. The van der Waals surface area contributed by atoms with Crippen molar-refractivity contribution in [1.29, 1.82) is 0 Å². The Morgan fingerprint density at radius 1 is 1.08 bits per heavy atom. The Hall–Kier alpha value is -0.720. The fourth-order valence-electron chi connectivity index (χ4n) is 0.353. The van der Waals surface area contributed by atoms with Crippen LogP contribution in [0.2, 0.25) is 0 Å². The van der Waals surface area contributed by atoms with Crippen LogP contribution in [-0.2, 0) is 0 Å². The van der Waals surface area contributed by atoms with Gasteiger partial charge in [0.25, 0.3) is 0 Å². The van der Waals surface area contributed by atoms with E-state index < -0.39 is 24.0 Å². The highest BCUT2D eigenvalue weighted by molar-refractivity contribution is 5.11. The second-order valence-electron chi connectivity index (χ2n) is 1.97. The molecule has 1 N–H and O–H groups in total. The zero-order chi connectivity index (χ0) is 10.2. The molecule has 0 aliphatic carbocycles. The minimum absolute atomic E-state index is 2.10. The van der Waals surface area contributed by atoms with Crippen LogP contribution in [0.1, 0.15) is 0 Å². The molecule has 0 rings (SSSR count). The molecule has 0 heterocycles. The Morgan fingerprint density at radius 2 is 1.42 bits per heavy atom. The highest BCUT2D eigenvalue weighted by Gasteiger charge is 2.49. The molecule has 7 heteroatoms. The van der Waals surface area contributed by atoms with Gasteiger partial charge in [0, 0.05) is 0 Å². The fraction of sp³-hybridized carbons (Fsp3) is 0.600. The van der Waals surface area contributed by atoms with E-state index in [0.717, 1.165) is 0 Å². The Bertz CT molecular complexity index is 177. The zero-order valence-corrected chi connectivity index (χ0v) is 5.50. The minimum Gasteiger partial charge on any atom is -0.379 e. The number of aliphatic hydroxyl groups is 1. The Balaban J connectivity index is 4.53. The quantitative estimate of drug-likeness (QED) is 0.500. The maximum atomic E-state index is 11.5. The molecular weight excluding hydrogens is 190 g/mol. The van der Waals surface area contributed by atoms with Crippen LogP contribution in [0.3, 0.4) is 0 Å². The maximum absolute atomic E-state index is 11.5. The van der Waals surface area contributed by atoms with Crippen LogP contribution in [0, 0.1) is 0 Å². The lowest BCUT2D eigenvalue weighted by Gasteiger charge is -2.18. The van der Waals surface area contributed by atoms with Crippen molar-refractivity contribution in [3.8, 4) is 0 Å². The second-order valence-corrected chi connectivity index (χ2v) is 1.97.